The van der Waals surface area contributed by atoms with Crippen molar-refractivity contribution in [3.63, 3.8) is 0 Å². The number of hydrogen-bond donors (Lipinski definition) is 12. The van der Waals surface area contributed by atoms with Crippen LogP contribution >= 0.6 is 21.6 Å². The van der Waals surface area contributed by atoms with E-state index in [1.807, 2.05) is 0 Å². The Morgan fingerprint density at radius 1 is 0.755 bits per heavy atom. The van der Waals surface area contributed by atoms with Crippen LogP contribution < -0.4 is 54.8 Å². The lowest BCUT2D eigenvalue weighted by atomic mass is 9.99. The highest BCUT2D eigenvalue weighted by Gasteiger charge is 2.35. The molecule has 0 bridgehead atoms. The van der Waals surface area contributed by atoms with Crippen molar-refractivity contribution in [2.45, 2.75) is 95.7 Å². The van der Waals surface area contributed by atoms with Gasteiger partial charge in [0, 0.05) is 18.1 Å². The molecule has 0 saturated carbocycles. The van der Waals surface area contributed by atoms with Crippen LogP contribution in [-0.2, 0) is 38.4 Å². The Kier molecular flexibility index (Phi) is 20.6. The molecule has 7 atom stereocenters. The van der Waals surface area contributed by atoms with Gasteiger partial charge in [0.05, 0.1) is 19.1 Å². The van der Waals surface area contributed by atoms with Crippen molar-refractivity contribution in [1.82, 2.24) is 31.9 Å². The predicted octanol–water partition coefficient (Wildman–Crippen LogP) is -4.67. The number of aliphatic carboxylic acids is 1. The molecule has 7 amide bonds. The lowest BCUT2D eigenvalue weighted by molar-refractivity contribution is -0.142. The smallest absolute Gasteiger partial charge is 0.305 e. The SMILES string of the molecule is CC(C)C[C@H]1NC(=O)[C@H](C(C)C)NC(=O)[C@@H](CC(=O)O)NC(=O)[C@H](CO)NC(=O)[C@@H](CCCN=C(N)N)NC(=O)[C@H](N)CSSC[C@H](C(N)=O)NC1=O. The molecule has 0 unspecified atom stereocenters. The summed E-state index contributed by atoms with van der Waals surface area (Å²) < 4.78 is 0. The van der Waals surface area contributed by atoms with Crippen LogP contribution in [-0.4, -0.2) is 130 Å². The highest BCUT2D eigenvalue weighted by Crippen LogP contribution is 2.23. The van der Waals surface area contributed by atoms with Crippen molar-refractivity contribution < 1.29 is 48.6 Å². The second-order valence-corrected chi connectivity index (χ2v) is 15.5. The van der Waals surface area contributed by atoms with E-state index in [9.17, 15) is 48.6 Å². The molecule has 53 heavy (non-hydrogen) atoms. The van der Waals surface area contributed by atoms with Crippen molar-refractivity contribution in [3.8, 4) is 0 Å². The summed E-state index contributed by atoms with van der Waals surface area (Å²) in [6.45, 7) is 5.81. The van der Waals surface area contributed by atoms with Gasteiger partial charge in [0.1, 0.15) is 36.3 Å². The average Bonchev–Trinajstić information content (AvgIpc) is 3.06. The first-order valence-electron chi connectivity index (χ1n) is 16.8. The standard InChI is InChI=1S/C30H53N11O10S2/c1-13(2)8-17-26(48)40-20(23(32)45)12-53-52-11-15(31)24(46)36-16(6-5-7-35-30(33)34)25(47)39-19(10-42)28(50)37-18(9-21(43)44)27(49)41-22(14(3)4)29(51)38-17/h13-20,22,42H,5-12,31H2,1-4H3,(H2,32,45)(H,36,46)(H,37,50)(H,38,51)(H,39,47)(H,40,48)(H,41,49)(H,43,44)(H4,33,34,35)/t15-,16-,17-,18-,19+,20-,22+/m1/s1. The van der Waals surface area contributed by atoms with Crippen LogP contribution in [0.5, 0.6) is 0 Å². The fourth-order valence-corrected chi connectivity index (χ4v) is 7.01. The van der Waals surface area contributed by atoms with Gasteiger partial charge in [-0.2, -0.15) is 0 Å². The number of aliphatic hydroxyl groups is 1. The summed E-state index contributed by atoms with van der Waals surface area (Å²) in [5, 5.41) is 34.0. The van der Waals surface area contributed by atoms with E-state index in [2.05, 4.69) is 36.9 Å². The Bertz CT molecular complexity index is 1350. The number of carboxylic acids is 1. The van der Waals surface area contributed by atoms with Crippen molar-refractivity contribution in [3.05, 3.63) is 0 Å². The number of aliphatic imine (C=N–C) groups is 1. The summed E-state index contributed by atoms with van der Waals surface area (Å²) in [6.07, 6.45) is -0.714. The Balaban J connectivity index is 3.58. The maximum atomic E-state index is 13.5. The van der Waals surface area contributed by atoms with Gasteiger partial charge in [-0.25, -0.2) is 0 Å². The largest absolute Gasteiger partial charge is 0.481 e. The van der Waals surface area contributed by atoms with Gasteiger partial charge in [-0.15, -0.1) is 0 Å². The Morgan fingerprint density at radius 2 is 1.28 bits per heavy atom. The molecule has 1 heterocycles. The number of amides is 7. The number of aliphatic hydroxyl groups excluding tert-OH is 1. The number of hydrogen-bond acceptors (Lipinski definition) is 13. The molecule has 21 nitrogen and oxygen atoms in total. The molecule has 1 saturated heterocycles. The first-order valence-corrected chi connectivity index (χ1v) is 19.3. The number of primary amides is 1. The minimum Gasteiger partial charge on any atom is -0.481 e. The third-order valence-corrected chi connectivity index (χ3v) is 10.0. The Hall–Kier alpha value is -4.35. The molecule has 0 aliphatic carbocycles. The maximum absolute atomic E-state index is 13.5. The molecule has 23 heteroatoms. The number of carbonyl (C=O) groups excluding carboxylic acids is 7. The van der Waals surface area contributed by atoms with Crippen molar-refractivity contribution in [2.24, 2.45) is 39.8 Å². The molecule has 1 aliphatic heterocycles. The molecule has 16 N–H and O–H groups in total. The zero-order valence-corrected chi connectivity index (χ0v) is 31.7. The van der Waals surface area contributed by atoms with Crippen LogP contribution in [0.1, 0.15) is 53.4 Å². The van der Waals surface area contributed by atoms with Gasteiger partial charge in [-0.3, -0.25) is 43.3 Å². The highest BCUT2D eigenvalue weighted by molar-refractivity contribution is 8.76. The number of guanidine groups is 1. The summed E-state index contributed by atoms with van der Waals surface area (Å²) in [5.74, 6) is -8.89. The van der Waals surface area contributed by atoms with Gasteiger partial charge in [-0.1, -0.05) is 49.3 Å². The van der Waals surface area contributed by atoms with E-state index in [4.69, 9.17) is 22.9 Å². The summed E-state index contributed by atoms with van der Waals surface area (Å²) in [7, 11) is 2.16. The average molecular weight is 792 g/mol. The van der Waals surface area contributed by atoms with E-state index in [0.29, 0.717) is 0 Å². The Labute approximate surface area is 314 Å². The van der Waals surface area contributed by atoms with Crippen molar-refractivity contribution in [1.29, 1.82) is 0 Å². The molecule has 1 aliphatic rings. The number of carboxylic acid groups (broad SMARTS) is 1. The molecule has 0 aromatic rings. The fourth-order valence-electron chi connectivity index (χ4n) is 4.71. The normalized spacial score (nSPS) is 26.3. The minimum absolute atomic E-state index is 0.0193. The van der Waals surface area contributed by atoms with E-state index in [0.717, 1.165) is 21.6 Å². The summed E-state index contributed by atoms with van der Waals surface area (Å²) in [4.78, 5) is 108. The molecule has 1 fully saturated rings. The van der Waals surface area contributed by atoms with E-state index in [1.165, 1.54) is 0 Å². The number of nitrogens with one attached hydrogen (secondary N) is 6. The highest BCUT2D eigenvalue weighted by atomic mass is 33.1. The van der Waals surface area contributed by atoms with Crippen LogP contribution in [0.4, 0.5) is 0 Å². The van der Waals surface area contributed by atoms with Crippen LogP contribution in [0.3, 0.4) is 0 Å². The molecule has 1 rings (SSSR count). The monoisotopic (exact) mass is 791 g/mol. The van der Waals surface area contributed by atoms with Gasteiger partial charge < -0.3 is 65.0 Å². The zero-order valence-electron chi connectivity index (χ0n) is 30.1. The van der Waals surface area contributed by atoms with Gasteiger partial charge in [0.15, 0.2) is 5.96 Å². The molecule has 0 aromatic heterocycles. The molecule has 300 valence electrons. The molecular weight excluding hydrogens is 739 g/mol. The first-order chi connectivity index (χ1) is 24.8. The molecular formula is C30H53N11O10S2. The second kappa shape index (κ2) is 23.3. The first kappa shape index (κ1) is 46.7. The second-order valence-electron chi connectivity index (χ2n) is 13.0. The lowest BCUT2D eigenvalue weighted by Crippen LogP contribution is -2.61. The maximum Gasteiger partial charge on any atom is 0.305 e. The van der Waals surface area contributed by atoms with Crippen LogP contribution in [0, 0.1) is 11.8 Å². The van der Waals surface area contributed by atoms with Gasteiger partial charge >= 0.3 is 5.97 Å². The van der Waals surface area contributed by atoms with E-state index < -0.39 is 109 Å². The van der Waals surface area contributed by atoms with E-state index in [-0.39, 0.29) is 49.2 Å². The van der Waals surface area contributed by atoms with Gasteiger partial charge in [0.2, 0.25) is 41.4 Å². The predicted molar refractivity (Wildman–Crippen MR) is 197 cm³/mol. The minimum atomic E-state index is -1.80. The number of nitrogens with two attached hydrogens (primary N) is 4. The Morgan fingerprint density at radius 3 is 1.83 bits per heavy atom. The van der Waals surface area contributed by atoms with E-state index >= 15 is 0 Å². The number of nitrogens with zero attached hydrogens (tertiary/aromatic N) is 1. The van der Waals surface area contributed by atoms with E-state index in [1.54, 1.807) is 27.7 Å². The third kappa shape index (κ3) is 17.4. The van der Waals surface area contributed by atoms with Gasteiger partial charge in [-0.05, 0) is 31.1 Å². The lowest BCUT2D eigenvalue weighted by Gasteiger charge is -2.28. The van der Waals surface area contributed by atoms with Crippen molar-refractivity contribution >= 4 is 74.9 Å². The zero-order chi connectivity index (χ0) is 40.4. The molecule has 0 spiro atoms. The summed E-state index contributed by atoms with van der Waals surface area (Å²) in [5.41, 5.74) is 22.3. The molecule has 0 radical (unpaired) electrons. The summed E-state index contributed by atoms with van der Waals surface area (Å²) in [6, 6.07) is -9.73. The third-order valence-electron chi connectivity index (χ3n) is 7.55. The quantitative estimate of drug-likeness (QED) is 0.0405. The summed E-state index contributed by atoms with van der Waals surface area (Å²) >= 11 is 0. The number of carbonyl (C=O) groups is 8. The molecule has 0 aromatic carbocycles. The van der Waals surface area contributed by atoms with Crippen LogP contribution in [0.15, 0.2) is 4.99 Å². The van der Waals surface area contributed by atoms with Gasteiger partial charge in [0.25, 0.3) is 0 Å². The van der Waals surface area contributed by atoms with Crippen LogP contribution in [0.2, 0.25) is 0 Å². The fraction of sp³-hybridized carbons (Fsp3) is 0.700. The topological polar surface area (TPSA) is 366 Å². The van der Waals surface area contributed by atoms with Crippen molar-refractivity contribution in [2.75, 3.05) is 24.7 Å². The van der Waals surface area contributed by atoms with Crippen LogP contribution in [0.25, 0.3) is 0 Å². The number of rotatable bonds is 11.